The zero-order valence-electron chi connectivity index (χ0n) is 8.03. The van der Waals surface area contributed by atoms with Crippen LogP contribution in [0.25, 0.3) is 0 Å². The van der Waals surface area contributed by atoms with Crippen LogP contribution in [0.4, 0.5) is 5.69 Å². The highest BCUT2D eigenvalue weighted by Crippen LogP contribution is 2.33. The van der Waals surface area contributed by atoms with Crippen LogP contribution in [0.2, 0.25) is 0 Å². The number of fused-ring (bicyclic) bond motifs is 1. The molecule has 0 radical (unpaired) electrons. The van der Waals surface area contributed by atoms with Crippen molar-refractivity contribution in [1.82, 2.24) is 0 Å². The molecule has 1 atom stereocenters. The van der Waals surface area contributed by atoms with Gasteiger partial charge in [-0.2, -0.15) is 0 Å². The standard InChI is InChI=1S/C11H15NO2/c13-7-6-9-5-4-8-2-1-3-10(14)11(8)12-9/h1-3,9,12-14H,4-7H2. The third-order valence-electron chi connectivity index (χ3n) is 2.72. The van der Waals surface area contributed by atoms with Gasteiger partial charge in [0.25, 0.3) is 0 Å². The van der Waals surface area contributed by atoms with E-state index in [0.29, 0.717) is 11.8 Å². The van der Waals surface area contributed by atoms with Crippen molar-refractivity contribution in [3.63, 3.8) is 0 Å². The van der Waals surface area contributed by atoms with Gasteiger partial charge in [0.15, 0.2) is 0 Å². The lowest BCUT2D eigenvalue weighted by molar-refractivity contribution is 0.276. The number of hydrogen-bond acceptors (Lipinski definition) is 3. The Kier molecular flexibility index (Phi) is 2.59. The minimum Gasteiger partial charge on any atom is -0.506 e. The Hall–Kier alpha value is -1.22. The highest BCUT2D eigenvalue weighted by Gasteiger charge is 2.18. The second-order valence-electron chi connectivity index (χ2n) is 3.70. The van der Waals surface area contributed by atoms with Crippen LogP contribution in [0.15, 0.2) is 18.2 Å². The van der Waals surface area contributed by atoms with E-state index in [0.717, 1.165) is 24.9 Å². The predicted octanol–water partition coefficient (Wildman–Crippen LogP) is 1.50. The summed E-state index contributed by atoms with van der Waals surface area (Å²) in [6.45, 7) is 0.195. The van der Waals surface area contributed by atoms with E-state index in [-0.39, 0.29) is 6.61 Å². The van der Waals surface area contributed by atoms with E-state index < -0.39 is 0 Å². The van der Waals surface area contributed by atoms with E-state index >= 15 is 0 Å². The van der Waals surface area contributed by atoms with E-state index in [1.807, 2.05) is 12.1 Å². The van der Waals surface area contributed by atoms with Crippen molar-refractivity contribution >= 4 is 5.69 Å². The first-order valence-electron chi connectivity index (χ1n) is 4.99. The minimum absolute atomic E-state index is 0.195. The molecule has 1 aromatic rings. The number of aromatic hydroxyl groups is 1. The number of anilines is 1. The molecule has 0 saturated carbocycles. The van der Waals surface area contributed by atoms with Gasteiger partial charge in [-0.05, 0) is 30.9 Å². The normalized spacial score (nSPS) is 19.9. The second-order valence-corrected chi connectivity index (χ2v) is 3.70. The molecule has 1 aliphatic rings. The lowest BCUT2D eigenvalue weighted by Crippen LogP contribution is -2.26. The Labute approximate surface area is 83.4 Å². The van der Waals surface area contributed by atoms with Gasteiger partial charge in [0.1, 0.15) is 5.75 Å². The topological polar surface area (TPSA) is 52.5 Å². The van der Waals surface area contributed by atoms with Gasteiger partial charge in [-0.25, -0.2) is 0 Å². The SMILES string of the molecule is OCCC1CCc2cccc(O)c2N1. The monoisotopic (exact) mass is 193 g/mol. The summed E-state index contributed by atoms with van der Waals surface area (Å²) in [5, 5.41) is 21.7. The minimum atomic E-state index is 0.195. The van der Waals surface area contributed by atoms with Gasteiger partial charge in [0, 0.05) is 12.6 Å². The summed E-state index contributed by atoms with van der Waals surface area (Å²) in [4.78, 5) is 0. The van der Waals surface area contributed by atoms with E-state index in [2.05, 4.69) is 5.32 Å². The largest absolute Gasteiger partial charge is 0.506 e. The number of phenols is 1. The van der Waals surface area contributed by atoms with Crippen LogP contribution in [0.5, 0.6) is 5.75 Å². The number of nitrogens with one attached hydrogen (secondary N) is 1. The molecular formula is C11H15NO2. The van der Waals surface area contributed by atoms with Crippen molar-refractivity contribution in [2.75, 3.05) is 11.9 Å². The Balaban J connectivity index is 2.20. The van der Waals surface area contributed by atoms with Crippen LogP contribution in [-0.2, 0) is 6.42 Å². The fraction of sp³-hybridized carbons (Fsp3) is 0.455. The van der Waals surface area contributed by atoms with Crippen LogP contribution in [0, 0.1) is 0 Å². The maximum absolute atomic E-state index is 9.62. The van der Waals surface area contributed by atoms with Crippen LogP contribution < -0.4 is 5.32 Å². The summed E-state index contributed by atoms with van der Waals surface area (Å²) in [6, 6.07) is 5.87. The molecule has 0 bridgehead atoms. The third-order valence-corrected chi connectivity index (χ3v) is 2.72. The number of phenolic OH excluding ortho intramolecular Hbond substituents is 1. The van der Waals surface area contributed by atoms with E-state index in [4.69, 9.17) is 5.11 Å². The van der Waals surface area contributed by atoms with Gasteiger partial charge in [0.05, 0.1) is 5.69 Å². The first-order chi connectivity index (χ1) is 6.81. The van der Waals surface area contributed by atoms with E-state index in [1.165, 1.54) is 5.56 Å². The number of aryl methyl sites for hydroxylation is 1. The molecule has 0 aliphatic carbocycles. The van der Waals surface area contributed by atoms with Gasteiger partial charge in [-0.15, -0.1) is 0 Å². The number of hydrogen-bond donors (Lipinski definition) is 3. The first-order valence-corrected chi connectivity index (χ1v) is 4.99. The number of aliphatic hydroxyl groups excluding tert-OH is 1. The maximum Gasteiger partial charge on any atom is 0.138 e. The average molecular weight is 193 g/mol. The number of rotatable bonds is 2. The quantitative estimate of drug-likeness (QED) is 0.624. The van der Waals surface area contributed by atoms with Crippen LogP contribution in [0.1, 0.15) is 18.4 Å². The van der Waals surface area contributed by atoms with Crippen molar-refractivity contribution in [2.45, 2.75) is 25.3 Å². The van der Waals surface area contributed by atoms with Crippen LogP contribution in [0.3, 0.4) is 0 Å². The lowest BCUT2D eigenvalue weighted by atomic mass is 9.96. The summed E-state index contributed by atoms with van der Waals surface area (Å²) in [5.74, 6) is 0.310. The molecule has 0 fully saturated rings. The lowest BCUT2D eigenvalue weighted by Gasteiger charge is -2.27. The molecule has 1 aromatic carbocycles. The molecule has 14 heavy (non-hydrogen) atoms. The Morgan fingerprint density at radius 1 is 1.43 bits per heavy atom. The van der Waals surface area contributed by atoms with Crippen LogP contribution >= 0.6 is 0 Å². The fourth-order valence-corrected chi connectivity index (χ4v) is 1.94. The molecule has 3 nitrogen and oxygen atoms in total. The predicted molar refractivity (Wildman–Crippen MR) is 55.5 cm³/mol. The first kappa shape index (κ1) is 9.34. The molecule has 1 aliphatic heterocycles. The van der Waals surface area contributed by atoms with Gasteiger partial charge in [-0.1, -0.05) is 12.1 Å². The van der Waals surface area contributed by atoms with E-state index in [1.54, 1.807) is 6.07 Å². The molecule has 76 valence electrons. The fourth-order valence-electron chi connectivity index (χ4n) is 1.94. The van der Waals surface area contributed by atoms with Crippen molar-refractivity contribution in [3.8, 4) is 5.75 Å². The molecule has 0 spiro atoms. The van der Waals surface area contributed by atoms with Gasteiger partial charge in [-0.3, -0.25) is 0 Å². The average Bonchev–Trinajstić information content (AvgIpc) is 2.20. The second kappa shape index (κ2) is 3.88. The Morgan fingerprint density at radius 2 is 2.29 bits per heavy atom. The molecule has 3 N–H and O–H groups in total. The number of para-hydroxylation sites is 1. The number of aliphatic hydroxyl groups is 1. The van der Waals surface area contributed by atoms with Crippen molar-refractivity contribution in [1.29, 1.82) is 0 Å². The summed E-state index contributed by atoms with van der Waals surface area (Å²) < 4.78 is 0. The van der Waals surface area contributed by atoms with Crippen molar-refractivity contribution < 1.29 is 10.2 Å². The molecule has 0 saturated heterocycles. The molecule has 2 rings (SSSR count). The zero-order chi connectivity index (χ0) is 9.97. The maximum atomic E-state index is 9.62. The molecule has 0 amide bonds. The summed E-state index contributed by atoms with van der Waals surface area (Å²) in [7, 11) is 0. The highest BCUT2D eigenvalue weighted by molar-refractivity contribution is 5.63. The summed E-state index contributed by atoms with van der Waals surface area (Å²) in [6.07, 6.45) is 2.74. The molecule has 1 heterocycles. The molecule has 0 aromatic heterocycles. The molecule has 1 unspecified atom stereocenters. The Bertz CT molecular complexity index is 325. The summed E-state index contributed by atoms with van der Waals surface area (Å²) >= 11 is 0. The van der Waals surface area contributed by atoms with Gasteiger partial charge < -0.3 is 15.5 Å². The smallest absolute Gasteiger partial charge is 0.138 e. The zero-order valence-corrected chi connectivity index (χ0v) is 8.03. The summed E-state index contributed by atoms with van der Waals surface area (Å²) in [5.41, 5.74) is 2.01. The molecule has 3 heteroatoms. The van der Waals surface area contributed by atoms with Crippen LogP contribution in [-0.4, -0.2) is 22.9 Å². The van der Waals surface area contributed by atoms with Gasteiger partial charge in [0.2, 0.25) is 0 Å². The molecular weight excluding hydrogens is 178 g/mol. The van der Waals surface area contributed by atoms with Crippen molar-refractivity contribution in [3.05, 3.63) is 23.8 Å². The van der Waals surface area contributed by atoms with Gasteiger partial charge >= 0.3 is 0 Å². The van der Waals surface area contributed by atoms with Crippen molar-refractivity contribution in [2.24, 2.45) is 0 Å². The third kappa shape index (κ3) is 1.68. The van der Waals surface area contributed by atoms with E-state index in [9.17, 15) is 5.11 Å². The number of benzene rings is 1. The Morgan fingerprint density at radius 3 is 3.07 bits per heavy atom. The highest BCUT2D eigenvalue weighted by atomic mass is 16.3.